The third kappa shape index (κ3) is 1.03. The summed E-state index contributed by atoms with van der Waals surface area (Å²) in [5, 5.41) is 12.8. The SMILES string of the molecule is O=C1[C@@H](CCO)Sc2ncnn21. The zero-order valence-corrected chi connectivity index (χ0v) is 6.99. The lowest BCUT2D eigenvalue weighted by Crippen LogP contribution is -2.19. The minimum absolute atomic E-state index is 0.0221. The van der Waals surface area contributed by atoms with Gasteiger partial charge in [0.25, 0.3) is 5.91 Å². The van der Waals surface area contributed by atoms with Crippen LogP contribution < -0.4 is 0 Å². The van der Waals surface area contributed by atoms with Crippen molar-refractivity contribution in [3.05, 3.63) is 6.33 Å². The second kappa shape index (κ2) is 2.87. The maximum atomic E-state index is 11.4. The van der Waals surface area contributed by atoms with Crippen molar-refractivity contribution in [2.75, 3.05) is 6.61 Å². The van der Waals surface area contributed by atoms with Gasteiger partial charge >= 0.3 is 0 Å². The maximum absolute atomic E-state index is 11.4. The van der Waals surface area contributed by atoms with Crippen LogP contribution in [0.3, 0.4) is 0 Å². The van der Waals surface area contributed by atoms with Crippen LogP contribution in [0.4, 0.5) is 0 Å². The van der Waals surface area contributed by atoms with Crippen molar-refractivity contribution in [2.45, 2.75) is 16.8 Å². The largest absolute Gasteiger partial charge is 0.396 e. The lowest BCUT2D eigenvalue weighted by Gasteiger charge is -2.00. The number of hydrogen-bond acceptors (Lipinski definition) is 5. The molecule has 1 aromatic heterocycles. The van der Waals surface area contributed by atoms with Crippen LogP contribution in [0, 0.1) is 0 Å². The summed E-state index contributed by atoms with van der Waals surface area (Å²) in [6.07, 6.45) is 1.82. The summed E-state index contributed by atoms with van der Waals surface area (Å²) >= 11 is 1.36. The van der Waals surface area contributed by atoms with E-state index in [2.05, 4.69) is 10.1 Å². The van der Waals surface area contributed by atoms with Gasteiger partial charge in [0.05, 0.1) is 5.25 Å². The number of carbonyl (C=O) groups is 1. The minimum Gasteiger partial charge on any atom is -0.396 e. The molecule has 0 saturated heterocycles. The standard InChI is InChI=1S/C6H7N3O2S/c10-2-1-4-5(11)9-6(12-4)7-3-8-9/h3-4,10H,1-2H2/t4-/m1/s1. The van der Waals surface area contributed by atoms with Crippen LogP contribution in [-0.2, 0) is 0 Å². The summed E-state index contributed by atoms with van der Waals surface area (Å²) in [6.45, 7) is 0.0221. The third-order valence-electron chi connectivity index (χ3n) is 1.64. The molecule has 0 bridgehead atoms. The van der Waals surface area contributed by atoms with Crippen molar-refractivity contribution in [1.29, 1.82) is 0 Å². The van der Waals surface area contributed by atoms with Gasteiger partial charge in [-0.1, -0.05) is 11.8 Å². The van der Waals surface area contributed by atoms with Gasteiger partial charge in [-0.25, -0.2) is 4.98 Å². The van der Waals surface area contributed by atoms with E-state index in [9.17, 15) is 4.79 Å². The Kier molecular flexibility index (Phi) is 1.86. The average molecular weight is 185 g/mol. The number of hydrogen-bond donors (Lipinski definition) is 1. The van der Waals surface area contributed by atoms with Crippen LogP contribution in [0.15, 0.2) is 11.5 Å². The minimum atomic E-state index is -0.203. The van der Waals surface area contributed by atoms with Gasteiger partial charge in [-0.05, 0) is 6.42 Å². The first-order chi connectivity index (χ1) is 5.83. The number of nitrogens with zero attached hydrogens (tertiary/aromatic N) is 3. The van der Waals surface area contributed by atoms with Gasteiger partial charge in [-0.3, -0.25) is 4.79 Å². The number of carbonyl (C=O) groups excluding carboxylic acids is 1. The number of thioether (sulfide) groups is 1. The summed E-state index contributed by atoms with van der Waals surface area (Å²) in [5.41, 5.74) is 0. The summed E-state index contributed by atoms with van der Waals surface area (Å²) in [5.74, 6) is -0.0819. The maximum Gasteiger partial charge on any atom is 0.262 e. The fourth-order valence-corrected chi connectivity index (χ4v) is 2.10. The highest BCUT2D eigenvalue weighted by molar-refractivity contribution is 8.00. The summed E-state index contributed by atoms with van der Waals surface area (Å²) in [7, 11) is 0. The Morgan fingerprint density at radius 2 is 2.58 bits per heavy atom. The first-order valence-corrected chi connectivity index (χ1v) is 4.42. The molecule has 1 aliphatic rings. The lowest BCUT2D eigenvalue weighted by molar-refractivity contribution is 0.0882. The van der Waals surface area contributed by atoms with Gasteiger partial charge < -0.3 is 5.11 Å². The zero-order valence-electron chi connectivity index (χ0n) is 6.17. The Hall–Kier alpha value is -0.880. The quantitative estimate of drug-likeness (QED) is 0.689. The van der Waals surface area contributed by atoms with E-state index in [4.69, 9.17) is 5.11 Å². The molecule has 0 radical (unpaired) electrons. The molecule has 5 nitrogen and oxygen atoms in total. The fraction of sp³-hybridized carbons (Fsp3) is 0.500. The molecule has 0 saturated carbocycles. The van der Waals surface area contributed by atoms with Crippen LogP contribution in [-0.4, -0.2) is 37.6 Å². The highest BCUT2D eigenvalue weighted by Crippen LogP contribution is 2.30. The molecule has 0 unspecified atom stereocenters. The second-order valence-electron chi connectivity index (χ2n) is 2.41. The number of rotatable bonds is 2. The molecule has 6 heteroatoms. The molecule has 0 aromatic carbocycles. The molecular formula is C6H7N3O2S. The first kappa shape index (κ1) is 7.75. The third-order valence-corrected chi connectivity index (χ3v) is 2.85. The lowest BCUT2D eigenvalue weighted by atomic mass is 10.3. The molecule has 1 atom stereocenters. The fourth-order valence-electron chi connectivity index (χ4n) is 1.08. The van der Waals surface area contributed by atoms with Crippen LogP contribution in [0.25, 0.3) is 0 Å². The molecule has 64 valence electrons. The van der Waals surface area contributed by atoms with Gasteiger partial charge in [-0.15, -0.1) is 0 Å². The molecule has 1 aliphatic heterocycles. The molecule has 1 aromatic rings. The van der Waals surface area contributed by atoms with Crippen molar-refractivity contribution in [3.63, 3.8) is 0 Å². The normalized spacial score (nSPS) is 21.4. The number of aliphatic hydroxyl groups is 1. The van der Waals surface area contributed by atoms with E-state index in [1.54, 1.807) is 0 Å². The Bertz CT molecular complexity index is 311. The molecule has 0 amide bonds. The average Bonchev–Trinajstić information content (AvgIpc) is 2.58. The van der Waals surface area contributed by atoms with Crippen LogP contribution in [0.1, 0.15) is 11.2 Å². The van der Waals surface area contributed by atoms with E-state index in [1.165, 1.54) is 22.8 Å². The Labute approximate surface area is 72.8 Å². The second-order valence-corrected chi connectivity index (χ2v) is 3.58. The summed E-state index contributed by atoms with van der Waals surface area (Å²) in [4.78, 5) is 15.3. The van der Waals surface area contributed by atoms with Crippen LogP contribution >= 0.6 is 11.8 Å². The smallest absolute Gasteiger partial charge is 0.262 e. The van der Waals surface area contributed by atoms with Crippen molar-refractivity contribution in [2.24, 2.45) is 0 Å². The van der Waals surface area contributed by atoms with Crippen molar-refractivity contribution in [3.8, 4) is 0 Å². The van der Waals surface area contributed by atoms with E-state index in [-0.39, 0.29) is 17.8 Å². The summed E-state index contributed by atoms with van der Waals surface area (Å²) < 4.78 is 1.28. The molecule has 2 rings (SSSR count). The van der Waals surface area contributed by atoms with E-state index in [0.29, 0.717) is 11.6 Å². The Balaban J connectivity index is 2.21. The predicted molar refractivity (Wildman–Crippen MR) is 42.0 cm³/mol. The number of aromatic nitrogens is 3. The van der Waals surface area contributed by atoms with Gasteiger partial charge in [0.15, 0.2) is 5.16 Å². The molecule has 0 fully saturated rings. The van der Waals surface area contributed by atoms with E-state index in [1.807, 2.05) is 0 Å². The van der Waals surface area contributed by atoms with Gasteiger partial charge in [0.2, 0.25) is 0 Å². The Morgan fingerprint density at radius 3 is 3.25 bits per heavy atom. The van der Waals surface area contributed by atoms with E-state index < -0.39 is 0 Å². The summed E-state index contributed by atoms with van der Waals surface area (Å²) in [6, 6.07) is 0. The molecule has 1 N–H and O–H groups in total. The number of fused-ring (bicyclic) bond motifs is 1. The highest BCUT2D eigenvalue weighted by Gasteiger charge is 2.32. The first-order valence-electron chi connectivity index (χ1n) is 3.54. The zero-order chi connectivity index (χ0) is 8.55. The van der Waals surface area contributed by atoms with Crippen LogP contribution in [0.5, 0.6) is 0 Å². The highest BCUT2D eigenvalue weighted by atomic mass is 32.2. The van der Waals surface area contributed by atoms with Crippen molar-refractivity contribution >= 4 is 17.7 Å². The predicted octanol–water partition coefficient (Wildman–Crippen LogP) is -0.225. The molecule has 2 heterocycles. The molecule has 12 heavy (non-hydrogen) atoms. The van der Waals surface area contributed by atoms with Crippen LogP contribution in [0.2, 0.25) is 0 Å². The van der Waals surface area contributed by atoms with Crippen molar-refractivity contribution in [1.82, 2.24) is 14.8 Å². The number of aliphatic hydroxyl groups excluding tert-OH is 1. The molecule has 0 aliphatic carbocycles. The molecular weight excluding hydrogens is 178 g/mol. The van der Waals surface area contributed by atoms with Gasteiger partial charge in [-0.2, -0.15) is 9.78 Å². The Morgan fingerprint density at radius 1 is 1.75 bits per heavy atom. The van der Waals surface area contributed by atoms with Gasteiger partial charge in [0, 0.05) is 6.61 Å². The topological polar surface area (TPSA) is 68.0 Å². The monoisotopic (exact) mass is 185 g/mol. The van der Waals surface area contributed by atoms with Crippen molar-refractivity contribution < 1.29 is 9.90 Å². The van der Waals surface area contributed by atoms with E-state index >= 15 is 0 Å². The van der Waals surface area contributed by atoms with E-state index in [0.717, 1.165) is 0 Å². The van der Waals surface area contributed by atoms with Gasteiger partial charge in [0.1, 0.15) is 6.33 Å². The molecule has 0 spiro atoms.